The van der Waals surface area contributed by atoms with Gasteiger partial charge in [-0.05, 0) is 52.0 Å². The van der Waals surface area contributed by atoms with Gasteiger partial charge in [0.1, 0.15) is 12.0 Å². The predicted octanol–water partition coefficient (Wildman–Crippen LogP) is 5.63. The summed E-state index contributed by atoms with van der Waals surface area (Å²) in [6.45, 7) is 3.96. The van der Waals surface area contributed by atoms with Crippen molar-refractivity contribution in [3.63, 3.8) is 0 Å². The Kier molecular flexibility index (Phi) is 6.20. The highest BCUT2D eigenvalue weighted by Gasteiger charge is 2.49. The predicted molar refractivity (Wildman–Crippen MR) is 110 cm³/mol. The molecule has 1 aromatic carbocycles. The number of amides is 1. The zero-order valence-corrected chi connectivity index (χ0v) is 18.3. The number of carbonyl (C=O) groups excluding carboxylic acids is 1. The van der Waals surface area contributed by atoms with E-state index in [-0.39, 0.29) is 17.0 Å². The summed E-state index contributed by atoms with van der Waals surface area (Å²) in [7, 11) is 0. The van der Waals surface area contributed by atoms with Crippen molar-refractivity contribution in [3.05, 3.63) is 59.0 Å². The summed E-state index contributed by atoms with van der Waals surface area (Å²) in [6, 6.07) is 6.51. The monoisotopic (exact) mass is 472 g/mol. The molecule has 0 saturated carbocycles. The largest absolute Gasteiger partial charge is 0.408 e. The Balaban J connectivity index is 1.80. The van der Waals surface area contributed by atoms with Gasteiger partial charge in [-0.25, -0.2) is 0 Å². The van der Waals surface area contributed by atoms with Crippen molar-refractivity contribution >= 4 is 16.8 Å². The number of alkyl halides is 6. The fourth-order valence-electron chi connectivity index (χ4n) is 3.33. The van der Waals surface area contributed by atoms with E-state index in [1.165, 1.54) is 43.5 Å². The molecule has 2 aromatic heterocycles. The molecule has 0 aliphatic rings. The number of nitrogens with zero attached hydrogens (tertiary/aromatic N) is 3. The molecule has 3 aromatic rings. The minimum atomic E-state index is -4.48. The van der Waals surface area contributed by atoms with Gasteiger partial charge in [-0.15, -0.1) is 0 Å². The first-order valence-corrected chi connectivity index (χ1v) is 9.98. The second kappa shape index (κ2) is 8.35. The van der Waals surface area contributed by atoms with Crippen molar-refractivity contribution in [2.75, 3.05) is 0 Å². The van der Waals surface area contributed by atoms with E-state index in [1.54, 1.807) is 6.92 Å². The van der Waals surface area contributed by atoms with Crippen LogP contribution in [-0.4, -0.2) is 33.0 Å². The highest BCUT2D eigenvalue weighted by Crippen LogP contribution is 2.40. The van der Waals surface area contributed by atoms with E-state index < -0.39 is 36.3 Å². The number of hydrogen-bond acceptors (Lipinski definition) is 3. The van der Waals surface area contributed by atoms with Crippen molar-refractivity contribution < 1.29 is 31.1 Å². The van der Waals surface area contributed by atoms with Crippen LogP contribution in [0, 0.1) is 6.92 Å². The molecule has 2 heterocycles. The van der Waals surface area contributed by atoms with Crippen LogP contribution in [0.25, 0.3) is 10.9 Å². The number of aromatic nitrogens is 3. The Morgan fingerprint density at radius 1 is 1.09 bits per heavy atom. The zero-order chi connectivity index (χ0) is 24.8. The fraction of sp³-hybridized carbons (Fsp3) is 0.409. The minimum Gasteiger partial charge on any atom is -0.345 e. The molecule has 0 bridgehead atoms. The first-order valence-electron chi connectivity index (χ1n) is 9.98. The Labute approximate surface area is 185 Å². The number of benzene rings is 1. The van der Waals surface area contributed by atoms with Crippen molar-refractivity contribution in [1.29, 1.82) is 0 Å². The van der Waals surface area contributed by atoms with Crippen LogP contribution in [0.1, 0.15) is 54.1 Å². The zero-order valence-electron chi connectivity index (χ0n) is 18.3. The van der Waals surface area contributed by atoms with E-state index in [0.717, 1.165) is 18.5 Å². The summed E-state index contributed by atoms with van der Waals surface area (Å²) in [6.07, 6.45) is -7.62. The number of pyridine rings is 1. The summed E-state index contributed by atoms with van der Waals surface area (Å²) < 4.78 is 78.7. The lowest BCUT2D eigenvalue weighted by atomic mass is 9.87. The number of carbonyl (C=O) groups is 1. The third kappa shape index (κ3) is 5.12. The third-order valence-corrected chi connectivity index (χ3v) is 5.58. The smallest absolute Gasteiger partial charge is 0.345 e. The second-order valence-electron chi connectivity index (χ2n) is 8.38. The van der Waals surface area contributed by atoms with Crippen molar-refractivity contribution in [1.82, 2.24) is 20.1 Å². The molecule has 0 spiro atoms. The van der Waals surface area contributed by atoms with Crippen LogP contribution in [0.3, 0.4) is 0 Å². The topological polar surface area (TPSA) is 59.8 Å². The summed E-state index contributed by atoms with van der Waals surface area (Å²) in [5.41, 5.74) is -1.02. The van der Waals surface area contributed by atoms with E-state index in [2.05, 4.69) is 15.4 Å². The molecule has 11 heteroatoms. The number of halogens is 6. The molecule has 0 unspecified atom stereocenters. The highest BCUT2D eigenvalue weighted by molar-refractivity contribution is 5.98. The lowest BCUT2D eigenvalue weighted by Crippen LogP contribution is -2.37. The van der Waals surface area contributed by atoms with Crippen LogP contribution >= 0.6 is 0 Å². The third-order valence-electron chi connectivity index (χ3n) is 5.58. The first-order chi connectivity index (χ1) is 15.1. The molecule has 0 aliphatic heterocycles. The van der Waals surface area contributed by atoms with Gasteiger partial charge in [0.25, 0.3) is 5.91 Å². The molecule has 1 amide bonds. The van der Waals surface area contributed by atoms with Crippen molar-refractivity contribution in [2.24, 2.45) is 0 Å². The molecule has 0 aliphatic carbocycles. The molecule has 178 valence electrons. The maximum atomic E-state index is 13.3. The van der Waals surface area contributed by atoms with Crippen LogP contribution in [0.5, 0.6) is 0 Å². The number of rotatable bonds is 5. The average molecular weight is 472 g/mol. The van der Waals surface area contributed by atoms with Gasteiger partial charge in [-0.1, -0.05) is 6.07 Å². The summed E-state index contributed by atoms with van der Waals surface area (Å²) in [5.74, 6) is -0.493. The summed E-state index contributed by atoms with van der Waals surface area (Å²) in [5, 5.41) is 6.93. The standard InChI is InChI=1S/C22H22F6N4O/c1-12(16-10-29-32(13(16)2)11-21(23,24)25)30-19(33)15-5-7-17-14(9-15)6-8-18(31-17)20(3,4)22(26,27)28/h5-10,12H,11H2,1-4H3,(H,30,33)/t12-/m1/s1. The van der Waals surface area contributed by atoms with Gasteiger partial charge in [-0.2, -0.15) is 31.4 Å². The Hall–Kier alpha value is -3.11. The van der Waals surface area contributed by atoms with E-state index in [9.17, 15) is 31.1 Å². The average Bonchev–Trinajstić information content (AvgIpc) is 3.04. The maximum Gasteiger partial charge on any atom is 0.408 e. The number of fused-ring (bicyclic) bond motifs is 1. The van der Waals surface area contributed by atoms with Crippen LogP contribution in [0.4, 0.5) is 26.3 Å². The lowest BCUT2D eigenvalue weighted by molar-refractivity contribution is -0.181. The van der Waals surface area contributed by atoms with E-state index in [0.29, 0.717) is 16.5 Å². The molecule has 1 atom stereocenters. The van der Waals surface area contributed by atoms with Crippen molar-refractivity contribution in [3.8, 4) is 0 Å². The molecular formula is C22H22F6N4O. The Morgan fingerprint density at radius 3 is 2.36 bits per heavy atom. The van der Waals surface area contributed by atoms with Gasteiger partial charge in [0.15, 0.2) is 0 Å². The summed E-state index contributed by atoms with van der Waals surface area (Å²) in [4.78, 5) is 16.8. The highest BCUT2D eigenvalue weighted by atomic mass is 19.4. The van der Waals surface area contributed by atoms with E-state index in [4.69, 9.17) is 0 Å². The number of hydrogen-bond donors (Lipinski definition) is 1. The van der Waals surface area contributed by atoms with Crippen LogP contribution in [0.2, 0.25) is 0 Å². The first kappa shape index (κ1) is 24.5. The van der Waals surface area contributed by atoms with Crippen molar-refractivity contribution in [2.45, 2.75) is 58.0 Å². The minimum absolute atomic E-state index is 0.139. The lowest BCUT2D eigenvalue weighted by Gasteiger charge is -2.27. The Morgan fingerprint density at radius 2 is 1.76 bits per heavy atom. The van der Waals surface area contributed by atoms with Gasteiger partial charge >= 0.3 is 12.4 Å². The number of nitrogens with one attached hydrogen (secondary N) is 1. The van der Waals surface area contributed by atoms with Gasteiger partial charge < -0.3 is 5.32 Å². The maximum absolute atomic E-state index is 13.3. The van der Waals surface area contributed by atoms with Gasteiger partial charge in [-0.3, -0.25) is 14.5 Å². The van der Waals surface area contributed by atoms with Gasteiger partial charge in [0.2, 0.25) is 0 Å². The van der Waals surface area contributed by atoms with Crippen LogP contribution in [0.15, 0.2) is 36.5 Å². The van der Waals surface area contributed by atoms with E-state index in [1.807, 2.05) is 0 Å². The molecule has 0 fully saturated rings. The summed E-state index contributed by atoms with van der Waals surface area (Å²) >= 11 is 0. The normalized spacial score (nSPS) is 13.9. The molecule has 3 rings (SSSR count). The molecule has 1 N–H and O–H groups in total. The molecule has 0 radical (unpaired) electrons. The fourth-order valence-corrected chi connectivity index (χ4v) is 3.33. The van der Waals surface area contributed by atoms with Crippen LogP contribution in [-0.2, 0) is 12.0 Å². The molecule has 0 saturated heterocycles. The van der Waals surface area contributed by atoms with Gasteiger partial charge in [0.05, 0.1) is 23.4 Å². The SMILES string of the molecule is Cc1c([C@@H](C)NC(=O)c2ccc3nc(C(C)(C)C(F)(F)F)ccc3c2)cnn1CC(F)(F)F. The van der Waals surface area contributed by atoms with Crippen LogP contribution < -0.4 is 5.32 Å². The molecular weight excluding hydrogens is 450 g/mol. The molecule has 33 heavy (non-hydrogen) atoms. The van der Waals surface area contributed by atoms with E-state index >= 15 is 0 Å². The molecule has 5 nitrogen and oxygen atoms in total. The van der Waals surface area contributed by atoms with Gasteiger partial charge in [0, 0.05) is 22.2 Å². The Bertz CT molecular complexity index is 1180. The second-order valence-corrected chi connectivity index (χ2v) is 8.38. The quantitative estimate of drug-likeness (QED) is 0.490.